The van der Waals surface area contributed by atoms with Crippen molar-refractivity contribution in [3.05, 3.63) is 50.9 Å². The Morgan fingerprint density at radius 3 is 2.52 bits per heavy atom. The molecule has 0 saturated carbocycles. The minimum Gasteiger partial charge on any atom is -0.344 e. The predicted molar refractivity (Wildman–Crippen MR) is 98.4 cm³/mol. The van der Waals surface area contributed by atoms with Crippen LogP contribution in [0.3, 0.4) is 0 Å². The third-order valence-corrected chi connectivity index (χ3v) is 4.37. The maximum atomic E-state index is 12.4. The SMILES string of the molecule is CC(C)CC(NC(=O)c1csc(CN)n1)c1ccc(Cl)cc1.Cl. The summed E-state index contributed by atoms with van der Waals surface area (Å²) in [6.45, 7) is 4.61. The van der Waals surface area contributed by atoms with Crippen LogP contribution in [0.25, 0.3) is 0 Å². The number of halogens is 2. The molecule has 3 N–H and O–H groups in total. The van der Waals surface area contributed by atoms with Gasteiger partial charge in [-0.3, -0.25) is 4.79 Å². The summed E-state index contributed by atoms with van der Waals surface area (Å²) in [4.78, 5) is 16.6. The largest absolute Gasteiger partial charge is 0.344 e. The molecule has 0 saturated heterocycles. The fourth-order valence-electron chi connectivity index (χ4n) is 2.19. The van der Waals surface area contributed by atoms with Crippen LogP contribution >= 0.6 is 35.3 Å². The van der Waals surface area contributed by atoms with Crippen molar-refractivity contribution in [2.45, 2.75) is 32.9 Å². The molecule has 1 aromatic heterocycles. The van der Waals surface area contributed by atoms with E-state index in [9.17, 15) is 4.79 Å². The second-order valence-electron chi connectivity index (χ2n) is 5.54. The molecule has 0 aliphatic carbocycles. The van der Waals surface area contributed by atoms with Gasteiger partial charge in [-0.25, -0.2) is 4.98 Å². The number of nitrogens with two attached hydrogens (primary N) is 1. The highest BCUT2D eigenvalue weighted by molar-refractivity contribution is 7.09. The van der Waals surface area contributed by atoms with Gasteiger partial charge in [-0.1, -0.05) is 37.6 Å². The Balaban J connectivity index is 0.00000264. The summed E-state index contributed by atoms with van der Waals surface area (Å²) in [6.07, 6.45) is 0.848. The van der Waals surface area contributed by atoms with Crippen LogP contribution in [0.1, 0.15) is 47.4 Å². The Bertz CT molecular complexity index is 629. The van der Waals surface area contributed by atoms with Crippen LogP contribution in [-0.4, -0.2) is 10.9 Å². The van der Waals surface area contributed by atoms with Gasteiger partial charge < -0.3 is 11.1 Å². The molecular formula is C16H21Cl2N3OS. The molecule has 0 radical (unpaired) electrons. The second-order valence-corrected chi connectivity index (χ2v) is 6.92. The molecule has 4 nitrogen and oxygen atoms in total. The average molecular weight is 374 g/mol. The first kappa shape index (κ1) is 19.9. The maximum Gasteiger partial charge on any atom is 0.271 e. The molecule has 2 rings (SSSR count). The van der Waals surface area contributed by atoms with E-state index in [1.54, 1.807) is 5.38 Å². The van der Waals surface area contributed by atoms with Gasteiger partial charge in [0.25, 0.3) is 5.91 Å². The number of hydrogen-bond acceptors (Lipinski definition) is 4. The van der Waals surface area contributed by atoms with Crippen molar-refractivity contribution in [1.82, 2.24) is 10.3 Å². The summed E-state index contributed by atoms with van der Waals surface area (Å²) >= 11 is 7.34. The number of aromatic nitrogens is 1. The van der Waals surface area contributed by atoms with Gasteiger partial charge in [-0.05, 0) is 30.0 Å². The monoisotopic (exact) mass is 373 g/mol. The standard InChI is InChI=1S/C16H20ClN3OS.ClH/c1-10(2)7-13(11-3-5-12(17)6-4-11)20-16(21)14-9-22-15(8-18)19-14;/h3-6,9-10,13H,7-8,18H2,1-2H3,(H,20,21);1H. The van der Waals surface area contributed by atoms with E-state index < -0.39 is 0 Å². The number of carbonyl (C=O) groups excluding carboxylic acids is 1. The smallest absolute Gasteiger partial charge is 0.271 e. The summed E-state index contributed by atoms with van der Waals surface area (Å²) in [5.41, 5.74) is 7.01. The Morgan fingerprint density at radius 2 is 2.00 bits per heavy atom. The topological polar surface area (TPSA) is 68.0 Å². The van der Waals surface area contributed by atoms with Crippen LogP contribution < -0.4 is 11.1 Å². The van der Waals surface area contributed by atoms with Crippen LogP contribution in [0, 0.1) is 5.92 Å². The van der Waals surface area contributed by atoms with E-state index in [0.29, 0.717) is 23.2 Å². The Morgan fingerprint density at radius 1 is 1.35 bits per heavy atom. The van der Waals surface area contributed by atoms with Gasteiger partial charge in [0, 0.05) is 16.9 Å². The van der Waals surface area contributed by atoms with Crippen LogP contribution in [0.2, 0.25) is 5.02 Å². The van der Waals surface area contributed by atoms with Crippen molar-refractivity contribution in [3.63, 3.8) is 0 Å². The number of benzene rings is 1. The zero-order valence-electron chi connectivity index (χ0n) is 13.1. The number of thiazole rings is 1. The van der Waals surface area contributed by atoms with Gasteiger partial charge in [0.1, 0.15) is 10.7 Å². The summed E-state index contributed by atoms with van der Waals surface area (Å²) < 4.78 is 0. The number of carbonyl (C=O) groups is 1. The van der Waals surface area contributed by atoms with Crippen molar-refractivity contribution in [3.8, 4) is 0 Å². The van der Waals surface area contributed by atoms with Crippen molar-refractivity contribution >= 4 is 41.3 Å². The number of amides is 1. The van der Waals surface area contributed by atoms with Crippen LogP contribution in [0.5, 0.6) is 0 Å². The van der Waals surface area contributed by atoms with Crippen molar-refractivity contribution < 1.29 is 4.79 Å². The summed E-state index contributed by atoms with van der Waals surface area (Å²) in [7, 11) is 0. The highest BCUT2D eigenvalue weighted by Crippen LogP contribution is 2.23. The number of rotatable bonds is 6. The van der Waals surface area contributed by atoms with Gasteiger partial charge in [0.2, 0.25) is 0 Å². The Kier molecular flexibility index (Phi) is 7.99. The van der Waals surface area contributed by atoms with Gasteiger partial charge in [-0.2, -0.15) is 0 Å². The van der Waals surface area contributed by atoms with Gasteiger partial charge in [0.05, 0.1) is 6.04 Å². The molecular weight excluding hydrogens is 353 g/mol. The second kappa shape index (κ2) is 9.23. The fraction of sp³-hybridized carbons (Fsp3) is 0.375. The van der Waals surface area contributed by atoms with Crippen molar-refractivity contribution in [1.29, 1.82) is 0 Å². The third kappa shape index (κ3) is 5.77. The first-order valence-corrected chi connectivity index (χ1v) is 8.46. The van der Waals surface area contributed by atoms with E-state index in [1.807, 2.05) is 24.3 Å². The first-order valence-electron chi connectivity index (χ1n) is 7.20. The average Bonchev–Trinajstić information content (AvgIpc) is 2.96. The number of nitrogens with zero attached hydrogens (tertiary/aromatic N) is 1. The molecule has 23 heavy (non-hydrogen) atoms. The predicted octanol–water partition coefficient (Wildman–Crippen LogP) is 4.19. The Labute approximate surface area is 151 Å². The molecule has 1 unspecified atom stereocenters. The van der Waals surface area contributed by atoms with Crippen LogP contribution in [0.15, 0.2) is 29.6 Å². The summed E-state index contributed by atoms with van der Waals surface area (Å²) in [5.74, 6) is 0.285. The molecule has 0 aliphatic heterocycles. The number of nitrogens with one attached hydrogen (secondary N) is 1. The lowest BCUT2D eigenvalue weighted by Gasteiger charge is -2.20. The minimum atomic E-state index is -0.170. The van der Waals surface area contributed by atoms with Gasteiger partial charge in [0.15, 0.2) is 0 Å². The third-order valence-electron chi connectivity index (χ3n) is 3.24. The highest BCUT2D eigenvalue weighted by atomic mass is 35.5. The van der Waals surface area contributed by atoms with E-state index in [1.165, 1.54) is 11.3 Å². The van der Waals surface area contributed by atoms with Crippen molar-refractivity contribution in [2.75, 3.05) is 0 Å². The molecule has 1 aromatic carbocycles. The van der Waals surface area contributed by atoms with E-state index in [0.717, 1.165) is 17.0 Å². The highest BCUT2D eigenvalue weighted by Gasteiger charge is 2.18. The van der Waals surface area contributed by atoms with Gasteiger partial charge in [-0.15, -0.1) is 23.7 Å². The van der Waals surface area contributed by atoms with Gasteiger partial charge >= 0.3 is 0 Å². The quantitative estimate of drug-likeness (QED) is 0.797. The lowest BCUT2D eigenvalue weighted by atomic mass is 9.97. The molecule has 0 spiro atoms. The molecule has 0 aliphatic rings. The molecule has 1 amide bonds. The molecule has 2 aromatic rings. The maximum absolute atomic E-state index is 12.4. The molecule has 1 heterocycles. The summed E-state index contributed by atoms with van der Waals surface area (Å²) in [5, 5.41) is 6.25. The summed E-state index contributed by atoms with van der Waals surface area (Å²) in [6, 6.07) is 7.51. The molecule has 7 heteroatoms. The van der Waals surface area contributed by atoms with E-state index in [-0.39, 0.29) is 24.4 Å². The molecule has 0 fully saturated rings. The molecule has 1 atom stereocenters. The van der Waals surface area contributed by atoms with E-state index in [4.69, 9.17) is 17.3 Å². The zero-order chi connectivity index (χ0) is 16.1. The van der Waals surface area contributed by atoms with E-state index >= 15 is 0 Å². The van der Waals surface area contributed by atoms with Crippen LogP contribution in [0.4, 0.5) is 0 Å². The number of hydrogen-bond donors (Lipinski definition) is 2. The molecule has 126 valence electrons. The minimum absolute atomic E-state index is 0. The molecule has 0 bridgehead atoms. The first-order chi connectivity index (χ1) is 10.5. The lowest BCUT2D eigenvalue weighted by Crippen LogP contribution is -2.29. The fourth-order valence-corrected chi connectivity index (χ4v) is 2.97. The van der Waals surface area contributed by atoms with Crippen molar-refractivity contribution in [2.24, 2.45) is 11.7 Å². The normalized spacial score (nSPS) is 11.9. The zero-order valence-corrected chi connectivity index (χ0v) is 15.5. The van der Waals surface area contributed by atoms with E-state index in [2.05, 4.69) is 24.1 Å². The lowest BCUT2D eigenvalue weighted by molar-refractivity contribution is 0.0927. The Hall–Kier alpha value is -1.14. The van der Waals surface area contributed by atoms with Crippen LogP contribution in [-0.2, 0) is 6.54 Å².